The number of nitrogens with one attached hydrogen (secondary N) is 1. The summed E-state index contributed by atoms with van der Waals surface area (Å²) in [7, 11) is -3.86. The number of ketones is 1. The van der Waals surface area contributed by atoms with Crippen molar-refractivity contribution in [1.82, 2.24) is 4.72 Å². The number of ether oxygens (including phenoxy) is 2. The Labute approximate surface area is 171 Å². The Morgan fingerprint density at radius 1 is 1.03 bits per heavy atom. The molecule has 156 valence electrons. The third-order valence-electron chi connectivity index (χ3n) is 4.32. The second kappa shape index (κ2) is 9.67. The Morgan fingerprint density at radius 2 is 1.69 bits per heavy atom. The highest BCUT2D eigenvalue weighted by molar-refractivity contribution is 7.89. The van der Waals surface area contributed by atoms with Gasteiger partial charge in [0.15, 0.2) is 6.10 Å². The molecule has 8 heteroatoms. The van der Waals surface area contributed by atoms with Crippen molar-refractivity contribution in [2.75, 3.05) is 13.2 Å². The van der Waals surface area contributed by atoms with Crippen molar-refractivity contribution in [3.05, 3.63) is 59.2 Å². The number of hydrogen-bond donors (Lipinski definition) is 1. The highest BCUT2D eigenvalue weighted by atomic mass is 32.2. The normalized spacial score (nSPS) is 12.3. The third-order valence-corrected chi connectivity index (χ3v) is 5.72. The number of aryl methyl sites for hydroxylation is 2. The van der Waals surface area contributed by atoms with E-state index in [0.717, 1.165) is 11.1 Å². The average Bonchev–Trinajstić information content (AvgIpc) is 2.68. The fraction of sp³-hybridized carbons (Fsp3) is 0.333. The van der Waals surface area contributed by atoms with Crippen LogP contribution < -0.4 is 9.46 Å². The Morgan fingerprint density at radius 3 is 2.28 bits per heavy atom. The van der Waals surface area contributed by atoms with Crippen LogP contribution >= 0.6 is 0 Å². The Hall–Kier alpha value is -2.71. The van der Waals surface area contributed by atoms with E-state index in [2.05, 4.69) is 4.72 Å². The van der Waals surface area contributed by atoms with Gasteiger partial charge in [-0.05, 0) is 75.2 Å². The van der Waals surface area contributed by atoms with Gasteiger partial charge in [0.2, 0.25) is 15.8 Å². The van der Waals surface area contributed by atoms with Gasteiger partial charge in [-0.3, -0.25) is 9.59 Å². The van der Waals surface area contributed by atoms with Crippen LogP contribution in [0.3, 0.4) is 0 Å². The summed E-state index contributed by atoms with van der Waals surface area (Å²) in [5.41, 5.74) is 2.15. The molecule has 0 fully saturated rings. The van der Waals surface area contributed by atoms with Crippen molar-refractivity contribution in [1.29, 1.82) is 0 Å². The second-order valence-corrected chi connectivity index (χ2v) is 8.29. The van der Waals surface area contributed by atoms with E-state index >= 15 is 0 Å². The van der Waals surface area contributed by atoms with E-state index in [4.69, 9.17) is 9.47 Å². The molecule has 29 heavy (non-hydrogen) atoms. The lowest BCUT2D eigenvalue weighted by atomic mass is 10.1. The van der Waals surface area contributed by atoms with Gasteiger partial charge in [0.25, 0.3) is 0 Å². The highest BCUT2D eigenvalue weighted by Gasteiger charge is 2.22. The monoisotopic (exact) mass is 419 g/mol. The van der Waals surface area contributed by atoms with Gasteiger partial charge in [0.1, 0.15) is 12.3 Å². The van der Waals surface area contributed by atoms with Crippen LogP contribution in [0.15, 0.2) is 47.4 Å². The van der Waals surface area contributed by atoms with Crippen LogP contribution in [0.1, 0.15) is 35.3 Å². The molecule has 0 saturated carbocycles. The molecule has 0 amide bonds. The van der Waals surface area contributed by atoms with Crippen LogP contribution in [0.25, 0.3) is 0 Å². The Bertz CT molecular complexity index is 983. The zero-order valence-corrected chi connectivity index (χ0v) is 17.7. The molecular weight excluding hydrogens is 394 g/mol. The predicted octanol–water partition coefficient (Wildman–Crippen LogP) is 2.80. The number of carbonyl (C=O) groups is 2. The lowest BCUT2D eigenvalue weighted by Crippen LogP contribution is -2.34. The summed E-state index contributed by atoms with van der Waals surface area (Å²) >= 11 is 0. The molecule has 1 atom stereocenters. The third kappa shape index (κ3) is 6.13. The number of carbonyl (C=O) groups excluding carboxylic acids is 2. The Balaban J connectivity index is 1.93. The summed E-state index contributed by atoms with van der Waals surface area (Å²) in [4.78, 5) is 24.5. The minimum Gasteiger partial charge on any atom is -0.494 e. The number of benzene rings is 2. The molecule has 0 aliphatic carbocycles. The minimum atomic E-state index is -3.86. The predicted molar refractivity (Wildman–Crippen MR) is 109 cm³/mol. The van der Waals surface area contributed by atoms with E-state index in [9.17, 15) is 18.0 Å². The molecule has 0 unspecified atom stereocenters. The first kappa shape index (κ1) is 22.6. The quantitative estimate of drug-likeness (QED) is 0.496. The lowest BCUT2D eigenvalue weighted by Gasteiger charge is -2.13. The maximum atomic E-state index is 12.4. The molecule has 0 bridgehead atoms. The maximum absolute atomic E-state index is 12.4. The zero-order valence-electron chi connectivity index (χ0n) is 16.9. The van der Waals surface area contributed by atoms with Crippen LogP contribution in [0, 0.1) is 13.8 Å². The fourth-order valence-corrected chi connectivity index (χ4v) is 3.58. The molecule has 2 aromatic rings. The summed E-state index contributed by atoms with van der Waals surface area (Å²) in [6.45, 7) is 6.91. The summed E-state index contributed by atoms with van der Waals surface area (Å²) in [5, 5.41) is 0. The van der Waals surface area contributed by atoms with E-state index < -0.39 is 34.4 Å². The highest BCUT2D eigenvalue weighted by Crippen LogP contribution is 2.16. The van der Waals surface area contributed by atoms with Gasteiger partial charge in [-0.1, -0.05) is 6.07 Å². The molecule has 2 aromatic carbocycles. The van der Waals surface area contributed by atoms with Gasteiger partial charge in [0.05, 0.1) is 11.5 Å². The van der Waals surface area contributed by atoms with Crippen molar-refractivity contribution in [2.45, 2.75) is 38.7 Å². The van der Waals surface area contributed by atoms with Crippen molar-refractivity contribution in [3.63, 3.8) is 0 Å². The summed E-state index contributed by atoms with van der Waals surface area (Å²) in [5.74, 6) is -0.600. The molecule has 0 aromatic heterocycles. The largest absolute Gasteiger partial charge is 0.494 e. The molecule has 0 aliphatic rings. The van der Waals surface area contributed by atoms with Gasteiger partial charge < -0.3 is 9.47 Å². The average molecular weight is 419 g/mol. The van der Waals surface area contributed by atoms with Crippen molar-refractivity contribution < 1.29 is 27.5 Å². The first-order valence-corrected chi connectivity index (χ1v) is 10.7. The second-order valence-electron chi connectivity index (χ2n) is 6.52. The Kier molecular flexibility index (Phi) is 7.53. The lowest BCUT2D eigenvalue weighted by molar-refractivity contribution is -0.144. The van der Waals surface area contributed by atoms with Crippen LogP contribution in [0.5, 0.6) is 5.75 Å². The SMILES string of the molecule is CCOc1ccc(C(=O)[C@H](C)OC(=O)CNS(=O)(=O)c2ccc(C)c(C)c2)cc1. The molecule has 1 N–H and O–H groups in total. The van der Waals surface area contributed by atoms with Gasteiger partial charge in [-0.25, -0.2) is 8.42 Å². The molecule has 0 radical (unpaired) electrons. The number of rotatable bonds is 9. The van der Waals surface area contributed by atoms with Crippen molar-refractivity contribution in [2.24, 2.45) is 0 Å². The molecular formula is C21H25NO6S. The summed E-state index contributed by atoms with van der Waals surface area (Å²) < 4.78 is 37.2. The summed E-state index contributed by atoms with van der Waals surface area (Å²) in [6.07, 6.45) is -1.05. The van der Waals surface area contributed by atoms with E-state index in [0.29, 0.717) is 17.9 Å². The van der Waals surface area contributed by atoms with Crippen molar-refractivity contribution >= 4 is 21.8 Å². The van der Waals surface area contributed by atoms with E-state index in [-0.39, 0.29) is 4.90 Å². The molecule has 7 nitrogen and oxygen atoms in total. The first-order chi connectivity index (χ1) is 13.6. The molecule has 0 saturated heterocycles. The number of sulfonamides is 1. The molecule has 0 spiro atoms. The van der Waals surface area contributed by atoms with E-state index in [1.54, 1.807) is 37.3 Å². The van der Waals surface area contributed by atoms with Gasteiger partial charge in [-0.2, -0.15) is 4.72 Å². The number of hydrogen-bond acceptors (Lipinski definition) is 6. The number of Topliss-reactive ketones (excluding diaryl/α,β-unsaturated/α-hetero) is 1. The fourth-order valence-electron chi connectivity index (χ4n) is 2.53. The van der Waals surface area contributed by atoms with Gasteiger partial charge in [0, 0.05) is 5.56 Å². The molecule has 2 rings (SSSR count). The summed E-state index contributed by atoms with van der Waals surface area (Å²) in [6, 6.07) is 11.2. The molecule has 0 aliphatic heterocycles. The maximum Gasteiger partial charge on any atom is 0.321 e. The van der Waals surface area contributed by atoms with Crippen LogP contribution in [0.4, 0.5) is 0 Å². The standard InChI is InChI=1S/C21H25NO6S/c1-5-27-18-9-7-17(8-10-18)21(24)16(4)28-20(23)13-22-29(25,26)19-11-6-14(2)15(3)12-19/h6-12,16,22H,5,13H2,1-4H3/t16-/m0/s1. The van der Waals surface area contributed by atoms with Crippen molar-refractivity contribution in [3.8, 4) is 5.75 Å². The smallest absolute Gasteiger partial charge is 0.321 e. The minimum absolute atomic E-state index is 0.0620. The first-order valence-electron chi connectivity index (χ1n) is 9.17. The van der Waals surface area contributed by atoms with Crippen LogP contribution in [-0.2, 0) is 19.6 Å². The van der Waals surface area contributed by atoms with Crippen LogP contribution in [-0.4, -0.2) is 39.4 Å². The zero-order chi connectivity index (χ0) is 21.6. The van der Waals surface area contributed by atoms with Gasteiger partial charge in [-0.15, -0.1) is 0 Å². The topological polar surface area (TPSA) is 98.8 Å². The number of esters is 1. The molecule has 0 heterocycles. The van der Waals surface area contributed by atoms with E-state index in [1.165, 1.54) is 19.1 Å². The van der Waals surface area contributed by atoms with Gasteiger partial charge >= 0.3 is 5.97 Å². The van der Waals surface area contributed by atoms with Crippen LogP contribution in [0.2, 0.25) is 0 Å². The van der Waals surface area contributed by atoms with E-state index in [1.807, 2.05) is 13.8 Å².